The van der Waals surface area contributed by atoms with Crippen molar-refractivity contribution in [3.63, 3.8) is 0 Å². The molecule has 0 aliphatic heterocycles. The van der Waals surface area contributed by atoms with Crippen LogP contribution in [0.1, 0.15) is 29.4 Å². The molecule has 7 heteroatoms. The van der Waals surface area contributed by atoms with E-state index in [4.69, 9.17) is 5.73 Å². The monoisotopic (exact) mass is 248 g/mol. The van der Waals surface area contributed by atoms with Gasteiger partial charge in [-0.05, 0) is 6.42 Å². The predicted molar refractivity (Wildman–Crippen MR) is 64.8 cm³/mol. The summed E-state index contributed by atoms with van der Waals surface area (Å²) in [7, 11) is 0. The minimum atomic E-state index is -0.0363. The summed E-state index contributed by atoms with van der Waals surface area (Å²) in [6.45, 7) is 3.36. The second kappa shape index (κ2) is 5.54. The molecule has 2 heterocycles. The molecule has 2 rings (SSSR count). The van der Waals surface area contributed by atoms with Crippen molar-refractivity contribution in [1.82, 2.24) is 24.8 Å². The van der Waals surface area contributed by atoms with Gasteiger partial charge in [-0.25, -0.2) is 4.68 Å². The van der Waals surface area contributed by atoms with Gasteiger partial charge in [-0.1, -0.05) is 12.1 Å². The van der Waals surface area contributed by atoms with Crippen LogP contribution in [0.15, 0.2) is 18.6 Å². The minimum absolute atomic E-state index is 0.0363. The Hall–Kier alpha value is -2.02. The maximum Gasteiger partial charge on any atom is 0.187 e. The molecule has 0 saturated heterocycles. The van der Waals surface area contributed by atoms with E-state index < -0.39 is 0 Å². The van der Waals surface area contributed by atoms with Crippen molar-refractivity contribution in [1.29, 1.82) is 0 Å². The summed E-state index contributed by atoms with van der Waals surface area (Å²) in [6.07, 6.45) is 6.00. The highest BCUT2D eigenvalue weighted by molar-refractivity contribution is 5.95. The van der Waals surface area contributed by atoms with Gasteiger partial charge in [0.05, 0.1) is 23.7 Å². The summed E-state index contributed by atoms with van der Waals surface area (Å²) < 4.78 is 3.25. The highest BCUT2D eigenvalue weighted by Gasteiger charge is 2.10. The Bertz CT molecular complexity index is 529. The van der Waals surface area contributed by atoms with Crippen LogP contribution < -0.4 is 5.73 Å². The molecule has 7 nitrogen and oxygen atoms in total. The Labute approximate surface area is 105 Å². The first kappa shape index (κ1) is 12.4. The van der Waals surface area contributed by atoms with Crippen LogP contribution in [-0.4, -0.2) is 30.6 Å². The lowest BCUT2D eigenvalue weighted by Gasteiger charge is -1.97. The molecule has 2 N–H and O–H groups in total. The van der Waals surface area contributed by atoms with Crippen molar-refractivity contribution in [3.8, 4) is 0 Å². The van der Waals surface area contributed by atoms with E-state index >= 15 is 0 Å². The lowest BCUT2D eigenvalue weighted by Crippen LogP contribution is -2.10. The molecule has 96 valence electrons. The first-order valence-electron chi connectivity index (χ1n) is 5.87. The molecular weight excluding hydrogens is 232 g/mol. The van der Waals surface area contributed by atoms with E-state index in [1.165, 1.54) is 4.68 Å². The second-order valence-corrected chi connectivity index (χ2v) is 4.03. The predicted octanol–water partition coefficient (Wildman–Crippen LogP) is 0.226. The lowest BCUT2D eigenvalue weighted by molar-refractivity contribution is 0.0967. The third-order valence-electron chi connectivity index (χ3n) is 2.51. The van der Waals surface area contributed by atoms with Crippen molar-refractivity contribution in [2.24, 2.45) is 5.73 Å². The summed E-state index contributed by atoms with van der Waals surface area (Å²) in [4.78, 5) is 12.0. The van der Waals surface area contributed by atoms with Crippen molar-refractivity contribution < 1.29 is 4.79 Å². The number of nitrogens with two attached hydrogens (primary N) is 1. The van der Waals surface area contributed by atoms with Gasteiger partial charge in [-0.3, -0.25) is 9.48 Å². The number of aromatic nitrogens is 5. The van der Waals surface area contributed by atoms with Gasteiger partial charge in [-0.15, -0.1) is 5.10 Å². The van der Waals surface area contributed by atoms with E-state index in [2.05, 4.69) is 22.3 Å². The minimum Gasteiger partial charge on any atom is -0.325 e. The molecule has 0 unspecified atom stereocenters. The molecule has 18 heavy (non-hydrogen) atoms. The van der Waals surface area contributed by atoms with Crippen LogP contribution in [-0.2, 0) is 19.6 Å². The Morgan fingerprint density at radius 2 is 2.22 bits per heavy atom. The average Bonchev–Trinajstić information content (AvgIpc) is 2.98. The largest absolute Gasteiger partial charge is 0.325 e. The molecule has 2 aromatic heterocycles. The fourth-order valence-corrected chi connectivity index (χ4v) is 1.61. The number of hydrogen-bond donors (Lipinski definition) is 1. The topological polar surface area (TPSA) is 91.6 Å². The third-order valence-corrected chi connectivity index (χ3v) is 2.51. The molecule has 0 aliphatic carbocycles. The van der Waals surface area contributed by atoms with Crippen LogP contribution in [0.2, 0.25) is 0 Å². The number of rotatable bonds is 6. The normalized spacial score (nSPS) is 10.8. The van der Waals surface area contributed by atoms with Crippen LogP contribution >= 0.6 is 0 Å². The number of hydrogen-bond acceptors (Lipinski definition) is 5. The van der Waals surface area contributed by atoms with Crippen LogP contribution in [0.25, 0.3) is 0 Å². The first-order chi connectivity index (χ1) is 8.72. The molecule has 0 aromatic carbocycles. The van der Waals surface area contributed by atoms with E-state index in [-0.39, 0.29) is 12.3 Å². The van der Waals surface area contributed by atoms with Gasteiger partial charge < -0.3 is 5.73 Å². The summed E-state index contributed by atoms with van der Waals surface area (Å²) >= 11 is 0. The smallest absolute Gasteiger partial charge is 0.187 e. The van der Waals surface area contributed by atoms with Gasteiger partial charge in [0.25, 0.3) is 0 Å². The number of carbonyl (C=O) groups is 1. The van der Waals surface area contributed by atoms with E-state index in [0.29, 0.717) is 17.8 Å². The molecule has 2 aromatic rings. The summed E-state index contributed by atoms with van der Waals surface area (Å²) in [5, 5.41) is 11.8. The number of Topliss-reactive ketones (excluding diaryl/α,β-unsaturated/α-hetero) is 1. The SMILES string of the molecule is CCCn1cc(C(=O)Cn2cc(CN)nn2)cn1. The Balaban J connectivity index is 2.02. The number of ketones is 1. The van der Waals surface area contributed by atoms with Crippen molar-refractivity contribution in [2.45, 2.75) is 33.0 Å². The average molecular weight is 248 g/mol. The molecule has 0 amide bonds. The van der Waals surface area contributed by atoms with E-state index in [0.717, 1.165) is 13.0 Å². The summed E-state index contributed by atoms with van der Waals surface area (Å²) in [5.74, 6) is -0.0363. The van der Waals surface area contributed by atoms with E-state index in [1.807, 2.05) is 0 Å². The van der Waals surface area contributed by atoms with E-state index in [9.17, 15) is 4.79 Å². The molecule has 0 saturated carbocycles. The Morgan fingerprint density at radius 3 is 2.89 bits per heavy atom. The molecule has 0 fully saturated rings. The standard InChI is InChI=1S/C11H16N6O/c1-2-3-16-6-9(5-13-16)11(18)8-17-7-10(4-12)14-15-17/h5-7H,2-4,8,12H2,1H3. The second-order valence-electron chi connectivity index (χ2n) is 4.03. The zero-order valence-corrected chi connectivity index (χ0v) is 10.3. The van der Waals surface area contributed by atoms with Crippen molar-refractivity contribution >= 4 is 5.78 Å². The van der Waals surface area contributed by atoms with Gasteiger partial charge in [0, 0.05) is 19.3 Å². The van der Waals surface area contributed by atoms with Crippen LogP contribution in [0.4, 0.5) is 0 Å². The van der Waals surface area contributed by atoms with Gasteiger partial charge in [0.1, 0.15) is 6.54 Å². The van der Waals surface area contributed by atoms with Gasteiger partial charge in [-0.2, -0.15) is 5.10 Å². The summed E-state index contributed by atoms with van der Waals surface area (Å²) in [5.41, 5.74) is 6.69. The number of carbonyl (C=O) groups excluding carboxylic acids is 1. The van der Waals surface area contributed by atoms with Crippen LogP contribution in [0.3, 0.4) is 0 Å². The molecular formula is C11H16N6O. The van der Waals surface area contributed by atoms with Gasteiger partial charge in [0.15, 0.2) is 5.78 Å². The fraction of sp³-hybridized carbons (Fsp3) is 0.455. The molecule has 0 radical (unpaired) electrons. The molecule has 0 aliphatic rings. The van der Waals surface area contributed by atoms with Crippen LogP contribution in [0.5, 0.6) is 0 Å². The maximum absolute atomic E-state index is 12.0. The van der Waals surface area contributed by atoms with Gasteiger partial charge in [0.2, 0.25) is 0 Å². The molecule has 0 atom stereocenters. The van der Waals surface area contributed by atoms with Crippen molar-refractivity contribution in [2.75, 3.05) is 0 Å². The zero-order valence-electron chi connectivity index (χ0n) is 10.3. The Kier molecular flexibility index (Phi) is 3.83. The first-order valence-corrected chi connectivity index (χ1v) is 5.87. The highest BCUT2D eigenvalue weighted by atomic mass is 16.1. The number of nitrogens with zero attached hydrogens (tertiary/aromatic N) is 5. The highest BCUT2D eigenvalue weighted by Crippen LogP contribution is 2.02. The fourth-order valence-electron chi connectivity index (χ4n) is 1.61. The van der Waals surface area contributed by atoms with Crippen molar-refractivity contribution in [3.05, 3.63) is 29.8 Å². The molecule has 0 bridgehead atoms. The van der Waals surface area contributed by atoms with E-state index in [1.54, 1.807) is 23.3 Å². The van der Waals surface area contributed by atoms with Crippen LogP contribution in [0, 0.1) is 0 Å². The maximum atomic E-state index is 12.0. The Morgan fingerprint density at radius 1 is 1.39 bits per heavy atom. The lowest BCUT2D eigenvalue weighted by atomic mass is 10.2. The quantitative estimate of drug-likeness (QED) is 0.739. The summed E-state index contributed by atoms with van der Waals surface area (Å²) in [6, 6.07) is 0. The number of aryl methyl sites for hydroxylation is 1. The zero-order chi connectivity index (χ0) is 13.0. The molecule has 0 spiro atoms. The van der Waals surface area contributed by atoms with Gasteiger partial charge >= 0.3 is 0 Å². The third kappa shape index (κ3) is 2.80.